The summed E-state index contributed by atoms with van der Waals surface area (Å²) < 4.78 is 55.9. The summed E-state index contributed by atoms with van der Waals surface area (Å²) in [7, 11) is 0. The van der Waals surface area contributed by atoms with Crippen molar-refractivity contribution >= 4 is 23.7 Å². The Balaban J connectivity index is 1.45. The highest BCUT2D eigenvalue weighted by molar-refractivity contribution is 5.90. The van der Waals surface area contributed by atoms with E-state index < -0.39 is 36.1 Å². The van der Waals surface area contributed by atoms with Gasteiger partial charge in [-0.15, -0.1) is 0 Å². The fourth-order valence-corrected chi connectivity index (χ4v) is 5.63. The van der Waals surface area contributed by atoms with Gasteiger partial charge in [0.1, 0.15) is 11.9 Å². The minimum absolute atomic E-state index is 0.0464. The van der Waals surface area contributed by atoms with Crippen molar-refractivity contribution < 1.29 is 37.3 Å². The van der Waals surface area contributed by atoms with Crippen LogP contribution >= 0.6 is 0 Å². The Morgan fingerprint density at radius 3 is 2.56 bits per heavy atom. The first-order chi connectivity index (χ1) is 20.4. The van der Waals surface area contributed by atoms with Gasteiger partial charge in [-0.1, -0.05) is 0 Å². The number of aliphatic carboxylic acids is 1. The van der Waals surface area contributed by atoms with E-state index in [0.29, 0.717) is 50.4 Å². The molecule has 4 heterocycles. The number of carboxylic acid groups (broad SMARTS) is 1. The number of nitrogens with zero attached hydrogens (tertiary/aromatic N) is 5. The number of hydrogen-bond donors (Lipinski definition) is 3. The standard InChI is InChI=1S/C28H32F3N7O5/c1-3-42-25(41)17-4-5-20(38-9-6-16(2)36-38)18(12-17)23(28(29,30)31)43-22-13-21(34-26(32)35-22)37-10-7-27(8-11-37)14-19(24(39)40)33-15-27/h4-6,9,12-13,19,23,33H,3,7-8,10-11,14-15H2,1-2H3,(H,39,40)(H2,32,34,35)/t19-,23+/m0/s1. The van der Waals surface area contributed by atoms with Gasteiger partial charge < -0.3 is 30.5 Å². The van der Waals surface area contributed by atoms with Gasteiger partial charge in [0, 0.05) is 37.5 Å². The molecular weight excluding hydrogens is 571 g/mol. The summed E-state index contributed by atoms with van der Waals surface area (Å²) in [6, 6.07) is 6.13. The molecule has 2 atom stereocenters. The molecule has 0 amide bonds. The van der Waals surface area contributed by atoms with Crippen LogP contribution in [0.25, 0.3) is 5.69 Å². The summed E-state index contributed by atoms with van der Waals surface area (Å²) in [5.41, 5.74) is 5.91. The zero-order chi connectivity index (χ0) is 30.9. The number of anilines is 2. The first-order valence-corrected chi connectivity index (χ1v) is 13.8. The quantitative estimate of drug-likeness (QED) is 0.324. The molecule has 0 radical (unpaired) electrons. The van der Waals surface area contributed by atoms with E-state index in [4.69, 9.17) is 15.2 Å². The van der Waals surface area contributed by atoms with Gasteiger partial charge in [0.2, 0.25) is 17.9 Å². The summed E-state index contributed by atoms with van der Waals surface area (Å²) in [5, 5.41) is 16.7. The van der Waals surface area contributed by atoms with Gasteiger partial charge in [-0.3, -0.25) is 4.79 Å². The van der Waals surface area contributed by atoms with E-state index in [1.165, 1.54) is 29.1 Å². The van der Waals surface area contributed by atoms with E-state index in [2.05, 4.69) is 20.4 Å². The van der Waals surface area contributed by atoms with Crippen LogP contribution in [0.2, 0.25) is 0 Å². The monoisotopic (exact) mass is 603 g/mol. The number of nitrogens with one attached hydrogen (secondary N) is 1. The molecule has 1 aromatic carbocycles. The smallest absolute Gasteiger partial charge is 0.429 e. The molecular formula is C28H32F3N7O5. The first kappa shape index (κ1) is 30.1. The first-order valence-electron chi connectivity index (χ1n) is 13.8. The molecule has 0 bridgehead atoms. The second-order valence-corrected chi connectivity index (χ2v) is 10.8. The van der Waals surface area contributed by atoms with E-state index in [1.807, 2.05) is 4.90 Å². The average molecular weight is 604 g/mol. The van der Waals surface area contributed by atoms with Crippen molar-refractivity contribution in [1.29, 1.82) is 0 Å². The SMILES string of the molecule is CCOC(=O)c1ccc(-n2ccc(C)n2)c([C@@H](Oc2cc(N3CCC4(CC3)CN[C@H](C(=O)O)C4)nc(N)n2)C(F)(F)F)c1. The van der Waals surface area contributed by atoms with Gasteiger partial charge in [-0.05, 0) is 62.8 Å². The number of nitrogen functional groups attached to an aromatic ring is 1. The van der Waals surface area contributed by atoms with Crippen LogP contribution in [-0.4, -0.2) is 75.3 Å². The summed E-state index contributed by atoms with van der Waals surface area (Å²) in [4.78, 5) is 33.9. The Labute approximate surface area is 245 Å². The normalized spacial score (nSPS) is 18.9. The fourth-order valence-electron chi connectivity index (χ4n) is 5.63. The second-order valence-electron chi connectivity index (χ2n) is 10.8. The third kappa shape index (κ3) is 6.50. The number of alkyl halides is 3. The Hall–Kier alpha value is -4.40. The topological polar surface area (TPSA) is 158 Å². The minimum Gasteiger partial charge on any atom is -0.480 e. The van der Waals surface area contributed by atoms with Gasteiger partial charge >= 0.3 is 18.1 Å². The number of benzene rings is 1. The van der Waals surface area contributed by atoms with Crippen LogP contribution in [0.15, 0.2) is 36.5 Å². The van der Waals surface area contributed by atoms with E-state index in [-0.39, 0.29) is 34.8 Å². The lowest BCUT2D eigenvalue weighted by Gasteiger charge is -2.39. The number of carboxylic acids is 1. The van der Waals surface area contributed by atoms with Crippen LogP contribution in [0.5, 0.6) is 5.88 Å². The number of piperidine rings is 1. The van der Waals surface area contributed by atoms with E-state index in [9.17, 15) is 27.9 Å². The fraction of sp³-hybridized carbons (Fsp3) is 0.464. The highest BCUT2D eigenvalue weighted by Crippen LogP contribution is 2.42. The van der Waals surface area contributed by atoms with E-state index in [0.717, 1.165) is 6.07 Å². The van der Waals surface area contributed by atoms with Gasteiger partial charge in [-0.2, -0.15) is 28.2 Å². The Morgan fingerprint density at radius 1 is 1.21 bits per heavy atom. The average Bonchev–Trinajstić information content (AvgIpc) is 3.57. The number of nitrogens with two attached hydrogens (primary N) is 1. The van der Waals surface area contributed by atoms with Crippen molar-refractivity contribution in [1.82, 2.24) is 25.1 Å². The molecule has 5 rings (SSSR count). The van der Waals surface area contributed by atoms with Crippen LogP contribution < -0.4 is 20.7 Å². The molecule has 0 saturated carbocycles. The maximum absolute atomic E-state index is 14.7. The maximum atomic E-state index is 14.7. The molecule has 2 aliphatic rings. The van der Waals surface area contributed by atoms with Crippen molar-refractivity contribution in [2.75, 3.05) is 36.9 Å². The molecule has 2 aliphatic heterocycles. The molecule has 43 heavy (non-hydrogen) atoms. The lowest BCUT2D eigenvalue weighted by Crippen LogP contribution is -2.41. The molecule has 0 aliphatic carbocycles. The van der Waals surface area contributed by atoms with E-state index in [1.54, 1.807) is 19.9 Å². The van der Waals surface area contributed by atoms with Crippen LogP contribution in [-0.2, 0) is 9.53 Å². The number of aryl methyl sites for hydroxylation is 1. The lowest BCUT2D eigenvalue weighted by molar-refractivity contribution is -0.198. The number of hydrogen-bond acceptors (Lipinski definition) is 10. The number of ether oxygens (including phenoxy) is 2. The highest BCUT2D eigenvalue weighted by atomic mass is 19.4. The molecule has 2 saturated heterocycles. The van der Waals surface area contributed by atoms with Crippen molar-refractivity contribution in [2.24, 2.45) is 5.41 Å². The molecule has 230 valence electrons. The van der Waals surface area contributed by atoms with Crippen molar-refractivity contribution in [2.45, 2.75) is 51.4 Å². The molecule has 12 nitrogen and oxygen atoms in total. The number of carbonyl (C=O) groups is 2. The molecule has 4 N–H and O–H groups in total. The van der Waals surface area contributed by atoms with Gasteiger partial charge in [-0.25, -0.2) is 9.48 Å². The molecule has 3 aromatic rings. The molecule has 2 fully saturated rings. The van der Waals surface area contributed by atoms with Crippen molar-refractivity contribution in [3.05, 3.63) is 53.3 Å². The predicted molar refractivity (Wildman–Crippen MR) is 148 cm³/mol. The molecule has 0 unspecified atom stereocenters. The number of carbonyl (C=O) groups excluding carboxylic acids is 1. The number of rotatable bonds is 8. The summed E-state index contributed by atoms with van der Waals surface area (Å²) >= 11 is 0. The third-order valence-corrected chi connectivity index (χ3v) is 7.84. The third-order valence-electron chi connectivity index (χ3n) is 7.84. The molecule has 2 aromatic heterocycles. The zero-order valence-electron chi connectivity index (χ0n) is 23.6. The minimum atomic E-state index is -4.93. The number of esters is 1. The van der Waals surface area contributed by atoms with Crippen LogP contribution in [0.4, 0.5) is 24.9 Å². The predicted octanol–water partition coefficient (Wildman–Crippen LogP) is 3.45. The molecule has 1 spiro atoms. The van der Waals surface area contributed by atoms with Gasteiger partial charge in [0.25, 0.3) is 0 Å². The number of halogens is 3. The Morgan fingerprint density at radius 2 is 1.95 bits per heavy atom. The van der Waals surface area contributed by atoms with Crippen LogP contribution in [0.1, 0.15) is 53.9 Å². The molecule has 15 heteroatoms. The van der Waals surface area contributed by atoms with Crippen molar-refractivity contribution in [3.8, 4) is 11.6 Å². The lowest BCUT2D eigenvalue weighted by atomic mass is 9.76. The second kappa shape index (κ2) is 11.7. The Bertz CT molecular complexity index is 1500. The van der Waals surface area contributed by atoms with Crippen LogP contribution in [0.3, 0.4) is 0 Å². The van der Waals surface area contributed by atoms with Crippen LogP contribution in [0, 0.1) is 12.3 Å². The largest absolute Gasteiger partial charge is 0.480 e. The van der Waals surface area contributed by atoms with E-state index >= 15 is 0 Å². The summed E-state index contributed by atoms with van der Waals surface area (Å²) in [6.07, 6.45) is -4.13. The Kier molecular flexibility index (Phi) is 8.18. The van der Waals surface area contributed by atoms with Gasteiger partial charge in [0.15, 0.2) is 0 Å². The maximum Gasteiger partial charge on any atom is 0.429 e. The summed E-state index contributed by atoms with van der Waals surface area (Å²) in [5.74, 6) is -2.05. The summed E-state index contributed by atoms with van der Waals surface area (Å²) in [6.45, 7) is 4.91. The highest BCUT2D eigenvalue weighted by Gasteiger charge is 2.46. The van der Waals surface area contributed by atoms with Crippen molar-refractivity contribution in [3.63, 3.8) is 0 Å². The zero-order valence-corrected chi connectivity index (χ0v) is 23.6. The van der Waals surface area contributed by atoms with Gasteiger partial charge in [0.05, 0.1) is 23.6 Å². The number of aromatic nitrogens is 4.